The van der Waals surface area contributed by atoms with E-state index in [1.807, 2.05) is 13.8 Å². The van der Waals surface area contributed by atoms with E-state index in [9.17, 15) is 48.0 Å². The first-order valence-corrected chi connectivity index (χ1v) is 13.2. The predicted octanol–water partition coefficient (Wildman–Crippen LogP) is 2.37. The Kier molecular flexibility index (Phi) is 7.55. The molecule has 224 valence electrons. The van der Waals surface area contributed by atoms with Crippen LogP contribution in [0.2, 0.25) is 0 Å². The van der Waals surface area contributed by atoms with Gasteiger partial charge in [-0.25, -0.2) is 0 Å². The van der Waals surface area contributed by atoms with Crippen LogP contribution in [0.5, 0.6) is 5.75 Å². The maximum Gasteiger partial charge on any atom is 0.417 e. The van der Waals surface area contributed by atoms with Crippen molar-refractivity contribution in [1.29, 1.82) is 0 Å². The summed E-state index contributed by atoms with van der Waals surface area (Å²) >= 11 is 0. The van der Waals surface area contributed by atoms with E-state index in [1.165, 1.54) is 19.0 Å². The maximum absolute atomic E-state index is 14.6. The fourth-order valence-electron chi connectivity index (χ4n) is 6.75. The molecule has 0 spiro atoms. The summed E-state index contributed by atoms with van der Waals surface area (Å²) in [6.45, 7) is 5.71. The Bertz CT molecular complexity index is 1400. The number of phenols is 1. The van der Waals surface area contributed by atoms with Crippen molar-refractivity contribution in [1.82, 2.24) is 9.80 Å². The number of carbonyl (C=O) groups excluding carboxylic acids is 3. The summed E-state index contributed by atoms with van der Waals surface area (Å²) in [6.07, 6.45) is -5.65. The van der Waals surface area contributed by atoms with Gasteiger partial charge in [0.2, 0.25) is 5.78 Å². The summed E-state index contributed by atoms with van der Waals surface area (Å²) < 4.78 is 43.9. The number of aliphatic hydroxyl groups excluding tert-OH is 2. The summed E-state index contributed by atoms with van der Waals surface area (Å²) in [7, 11) is 2.93. The number of rotatable bonds is 6. The van der Waals surface area contributed by atoms with Gasteiger partial charge in [-0.2, -0.15) is 13.2 Å². The molecule has 0 aliphatic heterocycles. The number of carbonyl (C=O) groups is 3. The molecule has 0 radical (unpaired) electrons. The van der Waals surface area contributed by atoms with E-state index in [0.29, 0.717) is 6.54 Å². The molecule has 0 saturated heterocycles. The molecule has 0 bridgehead atoms. The smallest absolute Gasteiger partial charge is 0.417 e. The number of allylic oxidation sites excluding steroid dienone is 1. The molecule has 41 heavy (non-hydrogen) atoms. The predicted molar refractivity (Wildman–Crippen MR) is 140 cm³/mol. The van der Waals surface area contributed by atoms with Crippen LogP contribution in [0.15, 0.2) is 28.7 Å². The zero-order valence-electron chi connectivity index (χ0n) is 23.3. The highest BCUT2D eigenvalue weighted by atomic mass is 19.4. The van der Waals surface area contributed by atoms with Crippen LogP contribution in [0, 0.1) is 11.8 Å². The first kappa shape index (κ1) is 30.5. The number of aromatic hydroxyl groups is 1. The Morgan fingerprint density at radius 2 is 1.80 bits per heavy atom. The van der Waals surface area contributed by atoms with Crippen LogP contribution in [0.4, 0.5) is 13.2 Å². The average molecular weight is 582 g/mol. The summed E-state index contributed by atoms with van der Waals surface area (Å²) in [5.74, 6) is -9.01. The van der Waals surface area contributed by atoms with Crippen molar-refractivity contribution >= 4 is 17.5 Å². The van der Waals surface area contributed by atoms with Gasteiger partial charge in [-0.05, 0) is 70.4 Å². The van der Waals surface area contributed by atoms with Crippen LogP contribution in [-0.4, -0.2) is 86.0 Å². The standard InChI is InChI=1S/C28H34F3N3O7/c1-6-34(11(2)3)10-13-9-16(35)18-14(20(13)28(29,30)31)7-12-8-15-21(33(4)5)23(37)19(26(32)40)25(39)27(15,41)24(38)17(12)22(18)36/h9,11-12,15,21,35,37-38,41H,6-8,10H2,1-5H3,(H2,32,40)/t12-,15-,21-,27-/m0/s1. The summed E-state index contributed by atoms with van der Waals surface area (Å²) in [5, 5.41) is 44.6. The van der Waals surface area contributed by atoms with Crippen molar-refractivity contribution in [3.63, 3.8) is 0 Å². The molecule has 1 amide bonds. The number of primary amides is 1. The van der Waals surface area contributed by atoms with Crippen molar-refractivity contribution < 1.29 is 48.0 Å². The highest BCUT2D eigenvalue weighted by Gasteiger charge is 2.63. The number of aliphatic hydroxyl groups is 3. The lowest BCUT2D eigenvalue weighted by molar-refractivity contribution is -0.148. The summed E-state index contributed by atoms with van der Waals surface area (Å²) in [4.78, 5) is 42.3. The minimum atomic E-state index is -4.90. The molecule has 4 atom stereocenters. The number of Topliss-reactive ketones (excluding diaryl/α,β-unsaturated/α-hetero) is 2. The van der Waals surface area contributed by atoms with Crippen LogP contribution in [0.25, 0.3) is 0 Å². The molecule has 13 heteroatoms. The van der Waals surface area contributed by atoms with Gasteiger partial charge in [0.1, 0.15) is 22.8 Å². The number of phenolic OH excluding ortho intramolecular Hbond substituents is 1. The molecule has 0 heterocycles. The largest absolute Gasteiger partial charge is 0.510 e. The monoisotopic (exact) mass is 581 g/mol. The lowest BCUT2D eigenvalue weighted by Crippen LogP contribution is -2.63. The zero-order chi connectivity index (χ0) is 30.9. The van der Waals surface area contributed by atoms with Crippen LogP contribution < -0.4 is 5.73 Å². The first-order chi connectivity index (χ1) is 18.9. The number of likely N-dealkylation sites (N-methyl/N-ethyl adjacent to an activating group) is 1. The number of nitrogens with zero attached hydrogens (tertiary/aromatic N) is 2. The van der Waals surface area contributed by atoms with E-state index in [2.05, 4.69) is 0 Å². The first-order valence-electron chi connectivity index (χ1n) is 13.2. The molecule has 3 aliphatic rings. The molecular formula is C28H34F3N3O7. The fraction of sp³-hybridized carbons (Fsp3) is 0.536. The SMILES string of the molecule is CCN(Cc1cc(O)c2c(c1C(F)(F)F)C[C@H]1C[C@H]3[C@H](N(C)C)C(O)=C(C(N)=O)C(=O)[C@@]3(O)C(O)=C1C2=O)C(C)C. The topological polar surface area (TPSA) is 165 Å². The van der Waals surface area contributed by atoms with E-state index in [1.54, 1.807) is 11.8 Å². The number of hydrogen-bond acceptors (Lipinski definition) is 9. The van der Waals surface area contributed by atoms with Crippen LogP contribution >= 0.6 is 0 Å². The molecule has 0 aromatic heterocycles. The van der Waals surface area contributed by atoms with Gasteiger partial charge in [-0.15, -0.1) is 0 Å². The van der Waals surface area contributed by atoms with Crippen LogP contribution in [-0.2, 0) is 28.7 Å². The maximum atomic E-state index is 14.6. The molecule has 4 rings (SSSR count). The molecule has 1 aromatic rings. The van der Waals surface area contributed by atoms with Gasteiger partial charge in [0.15, 0.2) is 11.4 Å². The quantitative estimate of drug-likeness (QED) is 0.317. The molecule has 0 saturated carbocycles. The van der Waals surface area contributed by atoms with Gasteiger partial charge < -0.3 is 26.2 Å². The highest BCUT2D eigenvalue weighted by Crippen LogP contribution is 2.54. The van der Waals surface area contributed by atoms with E-state index < -0.39 is 98.7 Å². The minimum absolute atomic E-state index is 0.110. The molecular weight excluding hydrogens is 547 g/mol. The molecule has 6 N–H and O–H groups in total. The van der Waals surface area contributed by atoms with Gasteiger partial charge in [0.25, 0.3) is 5.91 Å². The van der Waals surface area contributed by atoms with Gasteiger partial charge >= 0.3 is 6.18 Å². The van der Waals surface area contributed by atoms with Gasteiger partial charge in [-0.1, -0.05) is 6.92 Å². The number of halogens is 3. The van der Waals surface area contributed by atoms with Gasteiger partial charge in [0.05, 0.1) is 17.2 Å². The summed E-state index contributed by atoms with van der Waals surface area (Å²) in [6, 6.07) is -0.463. The lowest BCUT2D eigenvalue weighted by Gasteiger charge is -2.50. The number of ketones is 2. The van der Waals surface area contributed by atoms with Crippen molar-refractivity contribution in [2.75, 3.05) is 20.6 Å². The zero-order valence-corrected chi connectivity index (χ0v) is 23.3. The Balaban J connectivity index is 1.97. The minimum Gasteiger partial charge on any atom is -0.510 e. The molecule has 10 nitrogen and oxygen atoms in total. The van der Waals surface area contributed by atoms with Crippen molar-refractivity contribution in [3.05, 3.63) is 51.0 Å². The number of fused-ring (bicyclic) bond motifs is 3. The molecule has 3 aliphatic carbocycles. The van der Waals surface area contributed by atoms with Crippen LogP contribution in [0.3, 0.4) is 0 Å². The van der Waals surface area contributed by atoms with E-state index in [4.69, 9.17) is 5.73 Å². The van der Waals surface area contributed by atoms with E-state index in [0.717, 1.165) is 6.07 Å². The van der Waals surface area contributed by atoms with Crippen molar-refractivity contribution in [3.8, 4) is 5.75 Å². The number of hydrogen-bond donors (Lipinski definition) is 5. The Labute approximate surface area is 234 Å². The second-order valence-corrected chi connectivity index (χ2v) is 11.4. The Morgan fingerprint density at radius 1 is 1.20 bits per heavy atom. The third-order valence-corrected chi connectivity index (χ3v) is 8.60. The second-order valence-electron chi connectivity index (χ2n) is 11.4. The lowest BCUT2D eigenvalue weighted by atomic mass is 9.58. The highest BCUT2D eigenvalue weighted by molar-refractivity contribution is 6.24. The fourth-order valence-corrected chi connectivity index (χ4v) is 6.75. The third-order valence-electron chi connectivity index (χ3n) is 8.60. The van der Waals surface area contributed by atoms with Crippen LogP contribution in [0.1, 0.15) is 54.2 Å². The van der Waals surface area contributed by atoms with E-state index in [-0.39, 0.29) is 24.6 Å². The van der Waals surface area contributed by atoms with Gasteiger partial charge in [0, 0.05) is 24.1 Å². The van der Waals surface area contributed by atoms with Crippen molar-refractivity contribution in [2.24, 2.45) is 17.6 Å². The Hall–Kier alpha value is -3.42. The second kappa shape index (κ2) is 10.1. The number of amides is 1. The Morgan fingerprint density at radius 3 is 2.29 bits per heavy atom. The van der Waals surface area contributed by atoms with Crippen molar-refractivity contribution in [2.45, 2.75) is 64.0 Å². The third kappa shape index (κ3) is 4.50. The number of nitrogens with two attached hydrogens (primary N) is 1. The number of alkyl halides is 3. The molecule has 1 aromatic carbocycles. The average Bonchev–Trinajstić information content (AvgIpc) is 2.83. The number of benzene rings is 1. The molecule has 0 fully saturated rings. The van der Waals surface area contributed by atoms with E-state index >= 15 is 0 Å². The molecule has 0 unspecified atom stereocenters. The summed E-state index contributed by atoms with van der Waals surface area (Å²) in [5.41, 5.74) is -1.43. The normalized spacial score (nSPS) is 26.6. The van der Waals surface area contributed by atoms with Gasteiger partial charge in [-0.3, -0.25) is 24.2 Å².